The molecule has 0 spiro atoms. The highest BCUT2D eigenvalue weighted by Crippen LogP contribution is 2.28. The summed E-state index contributed by atoms with van der Waals surface area (Å²) in [6.45, 7) is 7.25. The lowest BCUT2D eigenvalue weighted by molar-refractivity contribution is 0.0955. The van der Waals surface area contributed by atoms with Crippen LogP contribution in [-0.2, 0) is 0 Å². The summed E-state index contributed by atoms with van der Waals surface area (Å²) in [6, 6.07) is 8.91. The quantitative estimate of drug-likeness (QED) is 0.591. The van der Waals surface area contributed by atoms with Crippen molar-refractivity contribution < 1.29 is 14.3 Å². The minimum Gasteiger partial charge on any atom is -0.490 e. The third kappa shape index (κ3) is 5.91. The van der Waals surface area contributed by atoms with Gasteiger partial charge in [-0.2, -0.15) is 5.10 Å². The lowest BCUT2D eigenvalue weighted by Crippen LogP contribution is -2.17. The SMILES string of the molecule is CCOc1cc(/C=N\NC(=O)c2cccnc2)ccc1OCC(C)C. The number of benzene rings is 1. The predicted molar refractivity (Wildman–Crippen MR) is 97.2 cm³/mol. The maximum atomic E-state index is 11.9. The molecule has 0 saturated heterocycles. The fourth-order valence-corrected chi connectivity index (χ4v) is 1.98. The van der Waals surface area contributed by atoms with Gasteiger partial charge in [-0.3, -0.25) is 9.78 Å². The molecular formula is C19H23N3O3. The summed E-state index contributed by atoms with van der Waals surface area (Å²) < 4.78 is 11.4. The summed E-state index contributed by atoms with van der Waals surface area (Å²) in [7, 11) is 0. The average Bonchev–Trinajstić information content (AvgIpc) is 2.62. The van der Waals surface area contributed by atoms with Gasteiger partial charge in [-0.25, -0.2) is 5.43 Å². The number of hydrogen-bond donors (Lipinski definition) is 1. The van der Waals surface area contributed by atoms with Gasteiger partial charge in [0.15, 0.2) is 11.5 Å². The first kappa shape index (κ1) is 18.4. The molecule has 25 heavy (non-hydrogen) atoms. The number of ether oxygens (including phenoxy) is 2. The number of nitrogens with zero attached hydrogens (tertiary/aromatic N) is 2. The number of amides is 1. The first-order chi connectivity index (χ1) is 12.1. The van der Waals surface area contributed by atoms with E-state index < -0.39 is 0 Å². The molecule has 0 aliphatic rings. The highest BCUT2D eigenvalue weighted by molar-refractivity contribution is 5.94. The molecule has 0 saturated carbocycles. The van der Waals surface area contributed by atoms with E-state index in [0.29, 0.717) is 36.2 Å². The maximum Gasteiger partial charge on any atom is 0.272 e. The summed E-state index contributed by atoms with van der Waals surface area (Å²) >= 11 is 0. The van der Waals surface area contributed by atoms with Gasteiger partial charge in [-0.15, -0.1) is 0 Å². The van der Waals surface area contributed by atoms with Gasteiger partial charge in [-0.1, -0.05) is 13.8 Å². The molecule has 1 amide bonds. The van der Waals surface area contributed by atoms with Crippen molar-refractivity contribution in [2.24, 2.45) is 11.0 Å². The smallest absolute Gasteiger partial charge is 0.272 e. The first-order valence-corrected chi connectivity index (χ1v) is 8.23. The molecule has 0 atom stereocenters. The number of carbonyl (C=O) groups excluding carboxylic acids is 1. The Morgan fingerprint density at radius 3 is 2.80 bits per heavy atom. The van der Waals surface area contributed by atoms with E-state index in [9.17, 15) is 4.79 Å². The summed E-state index contributed by atoms with van der Waals surface area (Å²) in [5.74, 6) is 1.47. The van der Waals surface area contributed by atoms with Crippen molar-refractivity contribution in [1.82, 2.24) is 10.4 Å². The molecule has 1 N–H and O–H groups in total. The highest BCUT2D eigenvalue weighted by Gasteiger charge is 2.07. The van der Waals surface area contributed by atoms with Gasteiger partial charge in [0, 0.05) is 12.4 Å². The second-order valence-electron chi connectivity index (χ2n) is 5.78. The molecule has 1 heterocycles. The largest absolute Gasteiger partial charge is 0.490 e. The van der Waals surface area contributed by atoms with Crippen molar-refractivity contribution in [3.8, 4) is 11.5 Å². The molecule has 6 heteroatoms. The number of nitrogens with one attached hydrogen (secondary N) is 1. The number of pyridine rings is 1. The van der Waals surface area contributed by atoms with Gasteiger partial charge in [0.05, 0.1) is 25.0 Å². The Bertz CT molecular complexity index is 715. The topological polar surface area (TPSA) is 72.8 Å². The molecule has 0 bridgehead atoms. The molecule has 0 radical (unpaired) electrons. The van der Waals surface area contributed by atoms with E-state index in [1.165, 1.54) is 6.20 Å². The fourth-order valence-electron chi connectivity index (χ4n) is 1.98. The van der Waals surface area contributed by atoms with E-state index in [1.54, 1.807) is 24.5 Å². The lowest BCUT2D eigenvalue weighted by Gasteiger charge is -2.13. The lowest BCUT2D eigenvalue weighted by atomic mass is 10.2. The van der Waals surface area contributed by atoms with E-state index in [-0.39, 0.29) is 5.91 Å². The molecule has 0 aliphatic carbocycles. The van der Waals surface area contributed by atoms with E-state index >= 15 is 0 Å². The van der Waals surface area contributed by atoms with Gasteiger partial charge in [0.2, 0.25) is 0 Å². The van der Waals surface area contributed by atoms with Crippen LogP contribution in [0.2, 0.25) is 0 Å². The zero-order valence-electron chi connectivity index (χ0n) is 14.7. The number of hydrogen-bond acceptors (Lipinski definition) is 5. The van der Waals surface area contributed by atoms with E-state index in [0.717, 1.165) is 5.56 Å². The van der Waals surface area contributed by atoms with Crippen LogP contribution in [0.25, 0.3) is 0 Å². The van der Waals surface area contributed by atoms with Crippen LogP contribution in [0, 0.1) is 5.92 Å². The van der Waals surface area contributed by atoms with Gasteiger partial charge < -0.3 is 9.47 Å². The minimum atomic E-state index is -0.314. The molecule has 1 aromatic carbocycles. The van der Waals surface area contributed by atoms with Crippen molar-refractivity contribution in [2.75, 3.05) is 13.2 Å². The van der Waals surface area contributed by atoms with E-state index in [1.807, 2.05) is 25.1 Å². The zero-order chi connectivity index (χ0) is 18.1. The number of rotatable bonds is 8. The van der Waals surface area contributed by atoms with Gasteiger partial charge in [0.1, 0.15) is 0 Å². The number of carbonyl (C=O) groups is 1. The first-order valence-electron chi connectivity index (χ1n) is 8.23. The molecule has 0 unspecified atom stereocenters. The Hall–Kier alpha value is -2.89. The zero-order valence-corrected chi connectivity index (χ0v) is 14.7. The van der Waals surface area contributed by atoms with Crippen LogP contribution in [0.3, 0.4) is 0 Å². The van der Waals surface area contributed by atoms with E-state index in [4.69, 9.17) is 9.47 Å². The Morgan fingerprint density at radius 2 is 2.12 bits per heavy atom. The van der Waals surface area contributed by atoms with Crippen LogP contribution in [0.1, 0.15) is 36.7 Å². The van der Waals surface area contributed by atoms with Crippen molar-refractivity contribution >= 4 is 12.1 Å². The summed E-state index contributed by atoms with van der Waals surface area (Å²) in [4.78, 5) is 15.8. The van der Waals surface area contributed by atoms with Crippen LogP contribution >= 0.6 is 0 Å². The fraction of sp³-hybridized carbons (Fsp3) is 0.316. The van der Waals surface area contributed by atoms with Crippen molar-refractivity contribution in [2.45, 2.75) is 20.8 Å². The van der Waals surface area contributed by atoms with Gasteiger partial charge in [0.25, 0.3) is 5.91 Å². The molecule has 6 nitrogen and oxygen atoms in total. The number of hydrazone groups is 1. The minimum absolute atomic E-state index is 0.314. The third-order valence-corrected chi connectivity index (χ3v) is 3.14. The van der Waals surface area contributed by atoms with Crippen LogP contribution in [-0.4, -0.2) is 30.3 Å². The third-order valence-electron chi connectivity index (χ3n) is 3.14. The molecule has 0 fully saturated rings. The second kappa shape index (κ2) is 9.42. The molecular weight excluding hydrogens is 318 g/mol. The molecule has 1 aromatic heterocycles. The molecule has 0 aliphatic heterocycles. The van der Waals surface area contributed by atoms with Crippen LogP contribution in [0.15, 0.2) is 47.8 Å². The Labute approximate surface area is 147 Å². The van der Waals surface area contributed by atoms with Crippen molar-refractivity contribution in [1.29, 1.82) is 0 Å². The van der Waals surface area contributed by atoms with Crippen LogP contribution in [0.5, 0.6) is 11.5 Å². The average molecular weight is 341 g/mol. The van der Waals surface area contributed by atoms with Crippen molar-refractivity contribution in [3.63, 3.8) is 0 Å². The summed E-state index contributed by atoms with van der Waals surface area (Å²) in [5.41, 5.74) is 3.72. The van der Waals surface area contributed by atoms with Crippen LogP contribution < -0.4 is 14.9 Å². The predicted octanol–water partition coefficient (Wildman–Crippen LogP) is 3.28. The summed E-state index contributed by atoms with van der Waals surface area (Å²) in [5, 5.41) is 3.97. The second-order valence-corrected chi connectivity index (χ2v) is 5.78. The monoisotopic (exact) mass is 341 g/mol. The van der Waals surface area contributed by atoms with Gasteiger partial charge in [-0.05, 0) is 48.7 Å². The van der Waals surface area contributed by atoms with Crippen LogP contribution in [0.4, 0.5) is 0 Å². The highest BCUT2D eigenvalue weighted by atomic mass is 16.5. The standard InChI is InChI=1S/C19H23N3O3/c1-4-24-18-10-15(7-8-17(18)25-13-14(2)3)11-21-22-19(23)16-6-5-9-20-12-16/h5-12,14H,4,13H2,1-3H3,(H,22,23)/b21-11-. The van der Waals surface area contributed by atoms with Gasteiger partial charge >= 0.3 is 0 Å². The Kier molecular flexibility index (Phi) is 6.95. The normalized spacial score (nSPS) is 10.9. The van der Waals surface area contributed by atoms with Crippen molar-refractivity contribution in [3.05, 3.63) is 53.9 Å². The Morgan fingerprint density at radius 1 is 1.28 bits per heavy atom. The summed E-state index contributed by atoms with van der Waals surface area (Å²) in [6.07, 6.45) is 4.65. The molecule has 2 rings (SSSR count). The maximum absolute atomic E-state index is 11.9. The molecule has 132 valence electrons. The Balaban J connectivity index is 2.03. The number of aromatic nitrogens is 1. The van der Waals surface area contributed by atoms with E-state index in [2.05, 4.69) is 29.4 Å². The molecule has 2 aromatic rings.